The lowest BCUT2D eigenvalue weighted by atomic mass is 10.2. The van der Waals surface area contributed by atoms with E-state index in [1.165, 1.54) is 0 Å². The highest BCUT2D eigenvalue weighted by Crippen LogP contribution is 2.25. The van der Waals surface area contributed by atoms with E-state index in [1.54, 1.807) is 18.4 Å². The second-order valence-electron chi connectivity index (χ2n) is 5.26. The van der Waals surface area contributed by atoms with Crippen LogP contribution >= 0.6 is 11.3 Å². The zero-order valence-electron chi connectivity index (χ0n) is 13.4. The van der Waals surface area contributed by atoms with Crippen LogP contribution in [0.5, 0.6) is 5.75 Å². The maximum absolute atomic E-state index is 12.1. The zero-order chi connectivity index (χ0) is 16.9. The van der Waals surface area contributed by atoms with E-state index < -0.39 is 0 Å². The fraction of sp³-hybridized carbons (Fsp3) is 0.235. The van der Waals surface area contributed by atoms with Crippen molar-refractivity contribution in [2.24, 2.45) is 0 Å². The molecule has 0 aliphatic carbocycles. The molecule has 0 spiro atoms. The zero-order valence-corrected chi connectivity index (χ0v) is 14.2. The number of rotatable bonds is 6. The molecular weight excluding hydrogens is 326 g/mol. The molecule has 0 aliphatic heterocycles. The fourth-order valence-electron chi connectivity index (χ4n) is 2.21. The molecule has 0 bridgehead atoms. The molecule has 124 valence electrons. The van der Waals surface area contributed by atoms with Gasteiger partial charge in [0.1, 0.15) is 5.75 Å². The van der Waals surface area contributed by atoms with Crippen molar-refractivity contribution in [2.45, 2.75) is 19.8 Å². The van der Waals surface area contributed by atoms with Crippen LogP contribution in [0.25, 0.3) is 11.5 Å². The van der Waals surface area contributed by atoms with Crippen molar-refractivity contribution in [1.29, 1.82) is 0 Å². The molecule has 7 heteroatoms. The number of carbonyl (C=O) groups excluding carboxylic acids is 1. The van der Waals surface area contributed by atoms with Gasteiger partial charge in [0.25, 0.3) is 0 Å². The second-order valence-corrected chi connectivity index (χ2v) is 6.04. The van der Waals surface area contributed by atoms with Crippen LogP contribution in [0.4, 0.5) is 5.69 Å². The van der Waals surface area contributed by atoms with Crippen molar-refractivity contribution in [2.75, 3.05) is 12.4 Å². The monoisotopic (exact) mass is 343 g/mol. The lowest BCUT2D eigenvalue weighted by Crippen LogP contribution is -2.13. The van der Waals surface area contributed by atoms with Gasteiger partial charge in [0.15, 0.2) is 0 Å². The normalized spacial score (nSPS) is 10.6. The van der Waals surface area contributed by atoms with Crippen LogP contribution in [0, 0.1) is 6.92 Å². The molecule has 2 heterocycles. The molecule has 0 saturated carbocycles. The number of nitrogens with zero attached hydrogens (tertiary/aromatic N) is 2. The third-order valence-electron chi connectivity index (χ3n) is 3.43. The van der Waals surface area contributed by atoms with E-state index in [0.29, 0.717) is 29.6 Å². The Labute approximate surface area is 143 Å². The van der Waals surface area contributed by atoms with Gasteiger partial charge in [-0.15, -0.1) is 10.2 Å². The first-order valence-corrected chi connectivity index (χ1v) is 8.39. The number of thiophene rings is 1. The number of anilines is 1. The van der Waals surface area contributed by atoms with Gasteiger partial charge in [0.2, 0.25) is 17.7 Å². The fourth-order valence-corrected chi connectivity index (χ4v) is 2.84. The van der Waals surface area contributed by atoms with Gasteiger partial charge >= 0.3 is 0 Å². The number of hydrogen-bond acceptors (Lipinski definition) is 6. The van der Waals surface area contributed by atoms with Crippen LogP contribution in [0.2, 0.25) is 0 Å². The minimum atomic E-state index is -0.130. The number of aromatic nitrogens is 2. The van der Waals surface area contributed by atoms with Crippen molar-refractivity contribution in [3.8, 4) is 17.2 Å². The number of amides is 1. The molecule has 3 aromatic rings. The second kappa shape index (κ2) is 7.27. The molecular formula is C17H17N3O3S. The molecule has 0 saturated heterocycles. The third kappa shape index (κ3) is 3.80. The summed E-state index contributed by atoms with van der Waals surface area (Å²) in [6, 6.07) is 7.55. The van der Waals surface area contributed by atoms with Gasteiger partial charge in [0, 0.05) is 23.8 Å². The van der Waals surface area contributed by atoms with E-state index >= 15 is 0 Å². The number of nitrogens with one attached hydrogen (secondary N) is 1. The van der Waals surface area contributed by atoms with Crippen LogP contribution < -0.4 is 10.1 Å². The highest BCUT2D eigenvalue weighted by molar-refractivity contribution is 7.08. The number of aryl methyl sites for hydroxylation is 2. The van der Waals surface area contributed by atoms with Gasteiger partial charge in [-0.1, -0.05) is 6.07 Å². The summed E-state index contributed by atoms with van der Waals surface area (Å²) in [5, 5.41) is 14.7. The number of hydrogen-bond donors (Lipinski definition) is 1. The average Bonchev–Trinajstić information content (AvgIpc) is 3.24. The Bertz CT molecular complexity index is 827. The van der Waals surface area contributed by atoms with Crippen molar-refractivity contribution < 1.29 is 13.9 Å². The maximum atomic E-state index is 12.1. The first-order valence-electron chi connectivity index (χ1n) is 7.45. The molecule has 0 unspecified atom stereocenters. The summed E-state index contributed by atoms with van der Waals surface area (Å²) in [5.74, 6) is 1.43. The number of benzene rings is 1. The minimum absolute atomic E-state index is 0.130. The quantitative estimate of drug-likeness (QED) is 0.738. The Morgan fingerprint density at radius 3 is 2.96 bits per heavy atom. The molecule has 0 atom stereocenters. The van der Waals surface area contributed by atoms with Gasteiger partial charge in [-0.3, -0.25) is 4.79 Å². The van der Waals surface area contributed by atoms with E-state index in [4.69, 9.17) is 9.15 Å². The first-order chi connectivity index (χ1) is 11.7. The molecule has 1 amide bonds. The van der Waals surface area contributed by atoms with E-state index in [1.807, 2.05) is 41.9 Å². The van der Waals surface area contributed by atoms with Crippen LogP contribution in [0.3, 0.4) is 0 Å². The molecule has 1 aromatic carbocycles. The Balaban J connectivity index is 1.59. The van der Waals surface area contributed by atoms with Crippen molar-refractivity contribution in [3.63, 3.8) is 0 Å². The molecule has 0 radical (unpaired) electrons. The van der Waals surface area contributed by atoms with Crippen molar-refractivity contribution >= 4 is 22.9 Å². The van der Waals surface area contributed by atoms with Crippen molar-refractivity contribution in [1.82, 2.24) is 10.2 Å². The highest BCUT2D eigenvalue weighted by atomic mass is 32.1. The summed E-state index contributed by atoms with van der Waals surface area (Å²) in [5.41, 5.74) is 2.60. The van der Waals surface area contributed by atoms with Gasteiger partial charge in [-0.25, -0.2) is 0 Å². The summed E-state index contributed by atoms with van der Waals surface area (Å²) in [7, 11) is 1.57. The lowest BCUT2D eigenvalue weighted by molar-refractivity contribution is -0.116. The average molecular weight is 343 g/mol. The van der Waals surface area contributed by atoms with Gasteiger partial charge in [0.05, 0.1) is 12.8 Å². The van der Waals surface area contributed by atoms with Crippen LogP contribution in [-0.2, 0) is 11.2 Å². The van der Waals surface area contributed by atoms with Crippen LogP contribution in [0.1, 0.15) is 17.9 Å². The van der Waals surface area contributed by atoms with E-state index in [9.17, 15) is 4.79 Å². The van der Waals surface area contributed by atoms with Crippen molar-refractivity contribution in [3.05, 3.63) is 46.5 Å². The van der Waals surface area contributed by atoms with Gasteiger partial charge in [-0.05, 0) is 36.1 Å². The largest absolute Gasteiger partial charge is 0.495 e. The summed E-state index contributed by atoms with van der Waals surface area (Å²) >= 11 is 1.56. The van der Waals surface area contributed by atoms with E-state index in [-0.39, 0.29) is 12.3 Å². The van der Waals surface area contributed by atoms with Crippen LogP contribution in [-0.4, -0.2) is 23.2 Å². The Morgan fingerprint density at radius 2 is 2.21 bits per heavy atom. The Morgan fingerprint density at radius 1 is 1.33 bits per heavy atom. The highest BCUT2D eigenvalue weighted by Gasteiger charge is 2.12. The minimum Gasteiger partial charge on any atom is -0.495 e. The molecule has 3 rings (SSSR count). The standard InChI is InChI=1S/C17H17N3O3S/c1-11-3-4-14(22-2)13(9-11)18-15(21)5-6-16-19-20-17(23-16)12-7-8-24-10-12/h3-4,7-10H,5-6H2,1-2H3,(H,18,21). The molecule has 1 N–H and O–H groups in total. The number of methoxy groups -OCH3 is 1. The molecule has 0 aliphatic rings. The summed E-state index contributed by atoms with van der Waals surface area (Å²) in [6.07, 6.45) is 0.638. The maximum Gasteiger partial charge on any atom is 0.248 e. The van der Waals surface area contributed by atoms with Gasteiger partial charge < -0.3 is 14.5 Å². The summed E-state index contributed by atoms with van der Waals surface area (Å²) in [6.45, 7) is 1.96. The van der Waals surface area contributed by atoms with Crippen LogP contribution in [0.15, 0.2) is 39.4 Å². The Hall–Kier alpha value is -2.67. The smallest absolute Gasteiger partial charge is 0.248 e. The van der Waals surface area contributed by atoms with E-state index in [2.05, 4.69) is 15.5 Å². The molecule has 0 fully saturated rings. The predicted octanol–water partition coefficient (Wildman–Crippen LogP) is 3.69. The Kier molecular flexibility index (Phi) is 4.90. The molecule has 24 heavy (non-hydrogen) atoms. The third-order valence-corrected chi connectivity index (χ3v) is 4.11. The predicted molar refractivity (Wildman–Crippen MR) is 92.3 cm³/mol. The lowest BCUT2D eigenvalue weighted by Gasteiger charge is -2.10. The number of carbonyl (C=O) groups is 1. The first kappa shape index (κ1) is 16.2. The van der Waals surface area contributed by atoms with Gasteiger partial charge in [-0.2, -0.15) is 11.3 Å². The summed E-state index contributed by atoms with van der Waals surface area (Å²) < 4.78 is 10.8. The SMILES string of the molecule is COc1ccc(C)cc1NC(=O)CCc1nnc(-c2ccsc2)o1. The molecule has 6 nitrogen and oxygen atoms in total. The molecule has 2 aromatic heterocycles. The number of ether oxygens (including phenoxy) is 1. The topological polar surface area (TPSA) is 77.2 Å². The summed E-state index contributed by atoms with van der Waals surface area (Å²) in [4.78, 5) is 12.1. The van der Waals surface area contributed by atoms with E-state index in [0.717, 1.165) is 11.1 Å².